The van der Waals surface area contributed by atoms with Gasteiger partial charge in [0.05, 0.1) is 11.4 Å². The van der Waals surface area contributed by atoms with Crippen LogP contribution in [0.15, 0.2) is 41.8 Å². The van der Waals surface area contributed by atoms with Crippen molar-refractivity contribution < 1.29 is 9.59 Å². The highest BCUT2D eigenvalue weighted by Crippen LogP contribution is 2.29. The third-order valence-electron chi connectivity index (χ3n) is 5.89. The third-order valence-corrected chi connectivity index (χ3v) is 6.74. The van der Waals surface area contributed by atoms with Crippen LogP contribution in [0.25, 0.3) is 6.08 Å². The number of para-hydroxylation sites is 1. The van der Waals surface area contributed by atoms with E-state index in [0.717, 1.165) is 37.9 Å². The van der Waals surface area contributed by atoms with Gasteiger partial charge >= 0.3 is 0 Å². The molecule has 0 bridgehead atoms. The van der Waals surface area contributed by atoms with Gasteiger partial charge in [-0.1, -0.05) is 31.0 Å². The molecule has 2 aromatic rings. The SMILES string of the molecule is CC(=O)N(c1ccccc1)c1nc(/C=C/C(=O)N2CCN(C3CCCC3)CC2)cs1. The van der Waals surface area contributed by atoms with Gasteiger partial charge in [-0.05, 0) is 31.1 Å². The molecular formula is C23H28N4O2S. The summed E-state index contributed by atoms with van der Waals surface area (Å²) in [5.41, 5.74) is 1.47. The number of carbonyl (C=O) groups is 2. The molecule has 0 N–H and O–H groups in total. The highest BCUT2D eigenvalue weighted by atomic mass is 32.1. The molecule has 6 nitrogen and oxygen atoms in total. The Kier molecular flexibility index (Phi) is 6.59. The number of aromatic nitrogens is 1. The van der Waals surface area contributed by atoms with Crippen LogP contribution in [0.3, 0.4) is 0 Å². The average molecular weight is 425 g/mol. The van der Waals surface area contributed by atoms with Gasteiger partial charge in [-0.15, -0.1) is 11.3 Å². The van der Waals surface area contributed by atoms with E-state index >= 15 is 0 Å². The van der Waals surface area contributed by atoms with Crippen molar-refractivity contribution in [2.75, 3.05) is 31.1 Å². The fourth-order valence-corrected chi connectivity index (χ4v) is 5.15. The number of benzene rings is 1. The first kappa shape index (κ1) is 20.8. The van der Waals surface area contributed by atoms with Crippen LogP contribution in [-0.4, -0.2) is 58.8 Å². The lowest BCUT2D eigenvalue weighted by molar-refractivity contribution is -0.128. The van der Waals surface area contributed by atoms with E-state index in [0.29, 0.717) is 10.8 Å². The second kappa shape index (κ2) is 9.53. The quantitative estimate of drug-likeness (QED) is 0.683. The zero-order chi connectivity index (χ0) is 20.9. The fourth-order valence-electron chi connectivity index (χ4n) is 4.30. The number of hydrogen-bond acceptors (Lipinski definition) is 5. The maximum absolute atomic E-state index is 12.6. The fraction of sp³-hybridized carbons (Fsp3) is 0.435. The van der Waals surface area contributed by atoms with Crippen molar-refractivity contribution in [2.45, 2.75) is 38.6 Å². The van der Waals surface area contributed by atoms with E-state index in [2.05, 4.69) is 9.88 Å². The molecule has 1 aliphatic carbocycles. The summed E-state index contributed by atoms with van der Waals surface area (Å²) in [6.45, 7) is 5.03. The molecule has 0 radical (unpaired) electrons. The van der Waals surface area contributed by atoms with Crippen molar-refractivity contribution >= 4 is 40.0 Å². The Labute approximate surface area is 181 Å². The van der Waals surface area contributed by atoms with E-state index in [1.54, 1.807) is 17.1 Å². The minimum Gasteiger partial charge on any atom is -0.337 e. The monoisotopic (exact) mass is 424 g/mol. The minimum atomic E-state index is -0.0951. The van der Waals surface area contributed by atoms with E-state index in [4.69, 9.17) is 0 Å². The summed E-state index contributed by atoms with van der Waals surface area (Å²) in [5, 5.41) is 2.47. The van der Waals surface area contributed by atoms with E-state index in [-0.39, 0.29) is 11.8 Å². The molecule has 1 aliphatic heterocycles. The van der Waals surface area contributed by atoms with Crippen molar-refractivity contribution in [3.63, 3.8) is 0 Å². The zero-order valence-corrected chi connectivity index (χ0v) is 18.2. The van der Waals surface area contributed by atoms with Crippen LogP contribution < -0.4 is 4.90 Å². The van der Waals surface area contributed by atoms with Crippen LogP contribution in [0.1, 0.15) is 38.3 Å². The molecule has 1 aromatic heterocycles. The molecule has 2 amide bonds. The molecule has 0 spiro atoms. The molecule has 158 valence electrons. The molecule has 1 saturated carbocycles. The Bertz CT molecular complexity index is 897. The number of amides is 2. The number of nitrogens with zero attached hydrogens (tertiary/aromatic N) is 4. The predicted molar refractivity (Wildman–Crippen MR) is 121 cm³/mol. The molecule has 0 atom stereocenters. The number of thiazole rings is 1. The molecule has 7 heteroatoms. The Morgan fingerprint density at radius 1 is 1.10 bits per heavy atom. The molecule has 0 unspecified atom stereocenters. The number of piperazine rings is 1. The van der Waals surface area contributed by atoms with Crippen molar-refractivity contribution in [1.82, 2.24) is 14.8 Å². The van der Waals surface area contributed by atoms with Crippen LogP contribution in [0.2, 0.25) is 0 Å². The summed E-state index contributed by atoms with van der Waals surface area (Å²) >= 11 is 1.39. The van der Waals surface area contributed by atoms with Crippen LogP contribution in [0.5, 0.6) is 0 Å². The van der Waals surface area contributed by atoms with Crippen molar-refractivity contribution in [3.8, 4) is 0 Å². The first-order chi connectivity index (χ1) is 14.6. The van der Waals surface area contributed by atoms with Gasteiger partial charge in [-0.25, -0.2) is 4.98 Å². The molecule has 2 aliphatic rings. The minimum absolute atomic E-state index is 0.0297. The zero-order valence-electron chi connectivity index (χ0n) is 17.4. The normalized spacial score (nSPS) is 18.2. The summed E-state index contributed by atoms with van der Waals surface area (Å²) in [5.74, 6) is -0.0654. The summed E-state index contributed by atoms with van der Waals surface area (Å²) in [7, 11) is 0. The standard InChI is InChI=1S/C23H28N4O2S/c1-18(28)27(21-9-3-2-4-10-21)23-24-19(17-30-23)11-12-22(29)26-15-13-25(14-16-26)20-7-5-6-8-20/h2-4,9-12,17,20H,5-8,13-16H2,1H3/b12-11+. The lowest BCUT2D eigenvalue weighted by atomic mass is 10.2. The van der Waals surface area contributed by atoms with E-state index in [1.807, 2.05) is 40.6 Å². The molecule has 4 rings (SSSR count). The van der Waals surface area contributed by atoms with Gasteiger partial charge in [0, 0.05) is 50.6 Å². The van der Waals surface area contributed by atoms with Gasteiger partial charge in [0.15, 0.2) is 5.13 Å². The lowest BCUT2D eigenvalue weighted by Gasteiger charge is -2.37. The van der Waals surface area contributed by atoms with Gasteiger partial charge in [-0.3, -0.25) is 19.4 Å². The summed E-state index contributed by atoms with van der Waals surface area (Å²) in [6.07, 6.45) is 8.64. The Morgan fingerprint density at radius 3 is 2.47 bits per heavy atom. The summed E-state index contributed by atoms with van der Waals surface area (Å²) < 4.78 is 0. The Hall–Kier alpha value is -2.51. The van der Waals surface area contributed by atoms with E-state index < -0.39 is 0 Å². The second-order valence-electron chi connectivity index (χ2n) is 7.88. The van der Waals surface area contributed by atoms with Crippen molar-refractivity contribution in [2.24, 2.45) is 0 Å². The summed E-state index contributed by atoms with van der Waals surface area (Å²) in [4.78, 5) is 35.4. The maximum atomic E-state index is 12.6. The summed E-state index contributed by atoms with van der Waals surface area (Å²) in [6, 6.07) is 10.2. The van der Waals surface area contributed by atoms with Crippen LogP contribution in [0.4, 0.5) is 10.8 Å². The molecule has 2 fully saturated rings. The number of rotatable bonds is 5. The van der Waals surface area contributed by atoms with Crippen LogP contribution in [0, 0.1) is 0 Å². The van der Waals surface area contributed by atoms with Gasteiger partial charge in [0.2, 0.25) is 11.8 Å². The van der Waals surface area contributed by atoms with E-state index in [9.17, 15) is 9.59 Å². The van der Waals surface area contributed by atoms with Gasteiger partial charge in [0.1, 0.15) is 0 Å². The predicted octanol–water partition coefficient (Wildman–Crippen LogP) is 3.93. The maximum Gasteiger partial charge on any atom is 0.246 e. The number of carbonyl (C=O) groups excluding carboxylic acids is 2. The first-order valence-corrected chi connectivity index (χ1v) is 11.5. The molecule has 30 heavy (non-hydrogen) atoms. The Morgan fingerprint density at radius 2 is 1.80 bits per heavy atom. The third kappa shape index (κ3) is 4.79. The van der Waals surface area contributed by atoms with Crippen molar-refractivity contribution in [1.29, 1.82) is 0 Å². The van der Waals surface area contributed by atoms with Crippen LogP contribution >= 0.6 is 11.3 Å². The first-order valence-electron chi connectivity index (χ1n) is 10.6. The largest absolute Gasteiger partial charge is 0.337 e. The molecule has 1 aromatic carbocycles. The second-order valence-corrected chi connectivity index (χ2v) is 8.71. The smallest absolute Gasteiger partial charge is 0.246 e. The van der Waals surface area contributed by atoms with E-state index in [1.165, 1.54) is 43.9 Å². The van der Waals surface area contributed by atoms with Gasteiger partial charge in [0.25, 0.3) is 0 Å². The average Bonchev–Trinajstić information content (AvgIpc) is 3.45. The number of anilines is 2. The molecule has 1 saturated heterocycles. The topological polar surface area (TPSA) is 56.8 Å². The molecular weight excluding hydrogens is 396 g/mol. The number of hydrogen-bond donors (Lipinski definition) is 0. The lowest BCUT2D eigenvalue weighted by Crippen LogP contribution is -2.51. The highest BCUT2D eigenvalue weighted by Gasteiger charge is 2.27. The van der Waals surface area contributed by atoms with Crippen molar-refractivity contribution in [3.05, 3.63) is 47.5 Å². The highest BCUT2D eigenvalue weighted by molar-refractivity contribution is 7.14. The Balaban J connectivity index is 1.36. The molecule has 2 heterocycles. The van der Waals surface area contributed by atoms with Gasteiger partial charge in [-0.2, -0.15) is 0 Å². The van der Waals surface area contributed by atoms with Gasteiger partial charge < -0.3 is 4.90 Å². The van der Waals surface area contributed by atoms with Crippen LogP contribution in [-0.2, 0) is 9.59 Å².